The molecule has 1 aromatic heterocycles. The summed E-state index contributed by atoms with van der Waals surface area (Å²) in [7, 11) is 2.62. The van der Waals surface area contributed by atoms with Crippen molar-refractivity contribution in [3.05, 3.63) is 33.1 Å². The van der Waals surface area contributed by atoms with Crippen LogP contribution in [0.4, 0.5) is 0 Å². The lowest BCUT2D eigenvalue weighted by Crippen LogP contribution is -2.59. The first-order chi connectivity index (χ1) is 25.2. The van der Waals surface area contributed by atoms with E-state index < -0.39 is 103 Å². The summed E-state index contributed by atoms with van der Waals surface area (Å²) in [4.78, 5) is 68.4. The summed E-state index contributed by atoms with van der Waals surface area (Å²) in [6, 6.07) is -2.21. The second-order valence-corrected chi connectivity index (χ2v) is 14.1. The van der Waals surface area contributed by atoms with Crippen LogP contribution < -0.4 is 17.0 Å². The van der Waals surface area contributed by atoms with Crippen LogP contribution in [0.5, 0.6) is 0 Å². The van der Waals surface area contributed by atoms with Crippen LogP contribution in [0.25, 0.3) is 0 Å². The van der Waals surface area contributed by atoms with Crippen molar-refractivity contribution >= 4 is 17.8 Å². The molecule has 3 aliphatic rings. The highest BCUT2D eigenvalue weighted by atomic mass is 16.7. The molecule has 53 heavy (non-hydrogen) atoms. The zero-order valence-corrected chi connectivity index (χ0v) is 30.4. The highest BCUT2D eigenvalue weighted by Crippen LogP contribution is 2.36. The van der Waals surface area contributed by atoms with Gasteiger partial charge in [-0.15, -0.1) is 0 Å². The Bertz CT molecular complexity index is 1490. The Labute approximate surface area is 306 Å². The second kappa shape index (κ2) is 19.4. The number of aliphatic carboxylic acids is 1. The van der Waals surface area contributed by atoms with Crippen LogP contribution in [0.15, 0.2) is 21.9 Å². The van der Waals surface area contributed by atoms with E-state index in [1.807, 2.05) is 4.98 Å². The molecule has 8 unspecified atom stereocenters. The van der Waals surface area contributed by atoms with Gasteiger partial charge in [-0.1, -0.05) is 58.3 Å². The number of carbonyl (C=O) groups is 3. The predicted molar refractivity (Wildman–Crippen MR) is 184 cm³/mol. The Kier molecular flexibility index (Phi) is 15.5. The summed E-state index contributed by atoms with van der Waals surface area (Å²) in [5.74, 6) is -2.98. The van der Waals surface area contributed by atoms with Gasteiger partial charge >= 0.3 is 17.6 Å². The molecule has 0 aromatic carbocycles. The normalized spacial score (nSPS) is 32.9. The number of likely N-dealkylation sites (N-methyl/N-ethyl adjacent to an activating group) is 2. The molecule has 19 heteroatoms. The fraction of sp³-hybridized carbons (Fsp3) is 0.794. The lowest BCUT2D eigenvalue weighted by molar-refractivity contribution is -0.233. The Morgan fingerprint density at radius 3 is 2.17 bits per heavy atom. The zero-order valence-electron chi connectivity index (χ0n) is 30.4. The average Bonchev–Trinajstić information content (AvgIpc) is 3.52. The number of amides is 1. The molecule has 1 amide bonds. The van der Waals surface area contributed by atoms with Gasteiger partial charge in [-0.25, -0.2) is 9.59 Å². The molecule has 0 spiro atoms. The zero-order chi connectivity index (χ0) is 39.0. The Morgan fingerprint density at radius 2 is 1.58 bits per heavy atom. The first-order valence-electron chi connectivity index (χ1n) is 18.3. The lowest BCUT2D eigenvalue weighted by Gasteiger charge is -2.38. The van der Waals surface area contributed by atoms with Gasteiger partial charge in [0.1, 0.15) is 54.9 Å². The Morgan fingerprint density at radius 1 is 0.943 bits per heavy atom. The maximum Gasteiger partial charge on any atom is 0.330 e. The molecule has 3 aliphatic heterocycles. The molecule has 12 atom stereocenters. The van der Waals surface area contributed by atoms with Crippen LogP contribution in [0, 0.1) is 0 Å². The SMILES string of the molecule is CCCCCCCCCCCC(=O)O[C@H]1CN(C)[C@@H]([C@H](OC2OC(CN)C(O)C2O)C2OC(n3ccc(=O)[nH]c3=O)C(O)C2O)C(=O)N(C)[C@@H]1C(=O)O. The van der Waals surface area contributed by atoms with E-state index in [4.69, 9.17) is 24.7 Å². The maximum absolute atomic E-state index is 14.3. The number of carbonyl (C=O) groups excluding carboxylic acids is 2. The number of hydrogen-bond donors (Lipinski definition) is 7. The molecule has 1 aromatic rings. The largest absolute Gasteiger partial charge is 0.480 e. The number of nitrogens with two attached hydrogens (primary N) is 1. The molecular formula is C34H55N5O14. The highest BCUT2D eigenvalue weighted by molar-refractivity contribution is 5.88. The number of ether oxygens (including phenoxy) is 4. The molecule has 300 valence electrons. The lowest BCUT2D eigenvalue weighted by atomic mass is 9.97. The van der Waals surface area contributed by atoms with Crippen molar-refractivity contribution < 1.29 is 58.9 Å². The summed E-state index contributed by atoms with van der Waals surface area (Å²) in [5.41, 5.74) is 3.96. The predicted octanol–water partition coefficient (Wildman–Crippen LogP) is -2.00. The van der Waals surface area contributed by atoms with E-state index in [-0.39, 0.29) is 19.5 Å². The Balaban J connectivity index is 1.57. The van der Waals surface area contributed by atoms with Gasteiger partial charge in [-0.3, -0.25) is 28.8 Å². The smallest absolute Gasteiger partial charge is 0.330 e. The molecule has 0 aliphatic carbocycles. The van der Waals surface area contributed by atoms with Crippen molar-refractivity contribution in [2.45, 2.75) is 145 Å². The van der Waals surface area contributed by atoms with E-state index in [1.54, 1.807) is 0 Å². The molecule has 8 N–H and O–H groups in total. The molecule has 4 heterocycles. The number of esters is 1. The van der Waals surface area contributed by atoms with E-state index >= 15 is 0 Å². The third-order valence-electron chi connectivity index (χ3n) is 10.2. The van der Waals surface area contributed by atoms with Crippen molar-refractivity contribution in [1.29, 1.82) is 0 Å². The van der Waals surface area contributed by atoms with Crippen LogP contribution >= 0.6 is 0 Å². The number of carboxylic acids is 1. The van der Waals surface area contributed by atoms with Gasteiger partial charge in [0.2, 0.25) is 5.91 Å². The number of unbranched alkanes of at least 4 members (excludes halogenated alkanes) is 8. The molecule has 0 saturated carbocycles. The number of H-pyrrole nitrogens is 1. The van der Waals surface area contributed by atoms with Gasteiger partial charge < -0.3 is 55.1 Å². The van der Waals surface area contributed by atoms with Gasteiger partial charge in [0.25, 0.3) is 5.56 Å². The van der Waals surface area contributed by atoms with E-state index in [2.05, 4.69) is 6.92 Å². The van der Waals surface area contributed by atoms with E-state index in [0.29, 0.717) is 6.42 Å². The third-order valence-corrected chi connectivity index (χ3v) is 10.2. The summed E-state index contributed by atoms with van der Waals surface area (Å²) in [6.45, 7) is 1.62. The van der Waals surface area contributed by atoms with Crippen molar-refractivity contribution in [1.82, 2.24) is 19.4 Å². The number of aromatic amines is 1. The maximum atomic E-state index is 14.3. The molecule has 3 fully saturated rings. The number of hydrogen-bond acceptors (Lipinski definition) is 15. The molecule has 0 radical (unpaired) electrons. The van der Waals surface area contributed by atoms with Gasteiger partial charge in [0.05, 0.1) is 0 Å². The number of nitrogens with one attached hydrogen (secondary N) is 1. The molecule has 3 saturated heterocycles. The number of aromatic nitrogens is 2. The van der Waals surface area contributed by atoms with Gasteiger partial charge in [0, 0.05) is 38.8 Å². The number of rotatable bonds is 18. The average molecular weight is 758 g/mol. The first kappa shape index (κ1) is 42.5. The van der Waals surface area contributed by atoms with E-state index in [0.717, 1.165) is 47.4 Å². The van der Waals surface area contributed by atoms with Crippen LogP contribution in [-0.4, -0.2) is 157 Å². The number of aliphatic hydroxyl groups is 4. The van der Waals surface area contributed by atoms with Gasteiger partial charge in [0.15, 0.2) is 18.6 Å². The van der Waals surface area contributed by atoms with Crippen LogP contribution in [0.1, 0.15) is 77.4 Å². The topological polar surface area (TPSA) is 277 Å². The van der Waals surface area contributed by atoms with Crippen molar-refractivity contribution in [3.63, 3.8) is 0 Å². The first-order valence-corrected chi connectivity index (χ1v) is 18.3. The monoisotopic (exact) mass is 757 g/mol. The van der Waals surface area contributed by atoms with Crippen LogP contribution in [0.2, 0.25) is 0 Å². The van der Waals surface area contributed by atoms with Gasteiger partial charge in [-0.2, -0.15) is 0 Å². The van der Waals surface area contributed by atoms with Crippen LogP contribution in [-0.2, 0) is 33.3 Å². The molecule has 4 rings (SSSR count). The second-order valence-electron chi connectivity index (χ2n) is 14.1. The quantitative estimate of drug-likeness (QED) is 0.0630. The number of aliphatic hydroxyl groups excluding tert-OH is 4. The van der Waals surface area contributed by atoms with E-state index in [9.17, 15) is 49.5 Å². The summed E-state index contributed by atoms with van der Waals surface area (Å²) < 4.78 is 24.2. The van der Waals surface area contributed by atoms with E-state index in [1.165, 1.54) is 44.7 Å². The Hall–Kier alpha value is -3.27. The van der Waals surface area contributed by atoms with Crippen LogP contribution in [0.3, 0.4) is 0 Å². The van der Waals surface area contributed by atoms with Gasteiger partial charge in [-0.05, 0) is 13.5 Å². The minimum atomic E-state index is -1.87. The molecular weight excluding hydrogens is 702 g/mol. The van der Waals surface area contributed by atoms with Crippen molar-refractivity contribution in [2.24, 2.45) is 5.73 Å². The summed E-state index contributed by atoms with van der Waals surface area (Å²) >= 11 is 0. The fourth-order valence-electron chi connectivity index (χ4n) is 7.23. The standard InChI is InChI=1S/C34H55N5O14/c1-4-5-6-7-8-9-10-11-12-13-21(41)50-19-17-37(2)23(30(46)38(3)22(19)32(47)48)28(53-33-27(45)24(42)18(16-35)51-33)29-25(43)26(44)31(52-29)39-15-14-20(40)36-34(39)49/h14-15,18-19,22-29,31,33,42-45H,4-13,16-17,35H2,1-3H3,(H,47,48)(H,36,40,49)/t18?,19-,22-,23-,24?,25?,26?,27?,28-,29?,31?,33?/m0/s1. The van der Waals surface area contributed by atoms with Crippen molar-refractivity contribution in [2.75, 3.05) is 27.2 Å². The third kappa shape index (κ3) is 10.1. The van der Waals surface area contributed by atoms with Crippen molar-refractivity contribution in [3.8, 4) is 0 Å². The minimum Gasteiger partial charge on any atom is -0.480 e. The molecule has 19 nitrogen and oxygen atoms in total. The summed E-state index contributed by atoms with van der Waals surface area (Å²) in [5, 5.41) is 53.9. The number of carboxylic acid groups (broad SMARTS) is 1. The molecule has 0 bridgehead atoms. The highest BCUT2D eigenvalue weighted by Gasteiger charge is 2.57. The fourth-order valence-corrected chi connectivity index (χ4v) is 7.23. The summed E-state index contributed by atoms with van der Waals surface area (Å²) in [6.07, 6.45) is -5.64. The minimum absolute atomic E-state index is 0.0439. The number of nitrogens with zero attached hydrogens (tertiary/aromatic N) is 3.